The summed E-state index contributed by atoms with van der Waals surface area (Å²) in [6.07, 6.45) is 5.84. The molecule has 2 heteroatoms. The van der Waals surface area contributed by atoms with Gasteiger partial charge in [-0.25, -0.2) is 4.79 Å². The highest BCUT2D eigenvalue weighted by Gasteiger charge is 2.48. The van der Waals surface area contributed by atoms with Crippen LogP contribution < -0.4 is 0 Å². The van der Waals surface area contributed by atoms with Gasteiger partial charge in [-0.3, -0.25) is 0 Å². The monoisotopic (exact) mass is 194 g/mol. The van der Waals surface area contributed by atoms with Crippen molar-refractivity contribution in [2.75, 3.05) is 0 Å². The predicted octanol–water partition coefficient (Wildman–Crippen LogP) is 2.54. The average molecular weight is 194 g/mol. The molecule has 0 aromatic carbocycles. The minimum absolute atomic E-state index is 0.173. The van der Waals surface area contributed by atoms with Crippen molar-refractivity contribution in [1.29, 1.82) is 0 Å². The third-order valence-corrected chi connectivity index (χ3v) is 3.77. The maximum absolute atomic E-state index is 11.2. The van der Waals surface area contributed by atoms with Gasteiger partial charge in [0.1, 0.15) is 5.60 Å². The second kappa shape index (κ2) is 3.11. The summed E-state index contributed by atoms with van der Waals surface area (Å²) in [4.78, 5) is 11.2. The Kier molecular flexibility index (Phi) is 2.17. The van der Waals surface area contributed by atoms with E-state index in [1.54, 1.807) is 6.08 Å². The number of ether oxygens (including phenoxy) is 1. The fourth-order valence-electron chi connectivity index (χ4n) is 2.91. The molecule has 3 unspecified atom stereocenters. The number of esters is 1. The van der Waals surface area contributed by atoms with E-state index in [-0.39, 0.29) is 11.6 Å². The van der Waals surface area contributed by atoms with Crippen molar-refractivity contribution in [3.63, 3.8) is 0 Å². The Morgan fingerprint density at radius 2 is 2.29 bits per heavy atom. The summed E-state index contributed by atoms with van der Waals surface area (Å²) in [7, 11) is 0. The van der Waals surface area contributed by atoms with E-state index in [0.29, 0.717) is 17.8 Å². The topological polar surface area (TPSA) is 26.3 Å². The number of carbonyl (C=O) groups excluding carboxylic acids is 1. The molecule has 0 aromatic heterocycles. The summed E-state index contributed by atoms with van der Waals surface area (Å²) in [5.41, 5.74) is -0.221. The first kappa shape index (κ1) is 9.75. The first-order valence-electron chi connectivity index (χ1n) is 5.44. The lowest BCUT2D eigenvalue weighted by molar-refractivity contribution is -0.156. The van der Waals surface area contributed by atoms with Crippen LogP contribution in [0.25, 0.3) is 0 Å². The van der Waals surface area contributed by atoms with Gasteiger partial charge in [0.2, 0.25) is 0 Å². The van der Waals surface area contributed by atoms with Crippen molar-refractivity contribution in [2.24, 2.45) is 17.8 Å². The van der Waals surface area contributed by atoms with Crippen LogP contribution in [-0.2, 0) is 9.53 Å². The maximum Gasteiger partial charge on any atom is 0.330 e. The van der Waals surface area contributed by atoms with E-state index < -0.39 is 0 Å². The Hall–Kier alpha value is -0.790. The van der Waals surface area contributed by atoms with Crippen LogP contribution in [0.15, 0.2) is 12.2 Å². The second-order valence-corrected chi connectivity index (χ2v) is 5.07. The van der Waals surface area contributed by atoms with Gasteiger partial charge in [-0.05, 0) is 31.6 Å². The third kappa shape index (κ3) is 1.37. The van der Waals surface area contributed by atoms with E-state index in [0.717, 1.165) is 6.42 Å². The van der Waals surface area contributed by atoms with Crippen molar-refractivity contribution in [2.45, 2.75) is 39.2 Å². The molecule has 0 aromatic rings. The van der Waals surface area contributed by atoms with E-state index in [1.165, 1.54) is 6.42 Å². The summed E-state index contributed by atoms with van der Waals surface area (Å²) in [6.45, 7) is 6.57. The lowest BCUT2D eigenvalue weighted by atomic mass is 9.80. The highest BCUT2D eigenvalue weighted by Crippen LogP contribution is 2.48. The van der Waals surface area contributed by atoms with Gasteiger partial charge in [-0.2, -0.15) is 0 Å². The zero-order chi connectivity index (χ0) is 10.3. The molecule has 0 N–H and O–H groups in total. The van der Waals surface area contributed by atoms with Gasteiger partial charge in [0.15, 0.2) is 0 Å². The average Bonchev–Trinajstić information content (AvgIpc) is 2.40. The number of carbonyl (C=O) groups is 1. The van der Waals surface area contributed by atoms with Gasteiger partial charge < -0.3 is 4.74 Å². The number of rotatable bonds is 1. The second-order valence-electron chi connectivity index (χ2n) is 5.07. The Morgan fingerprint density at radius 3 is 2.93 bits per heavy atom. The lowest BCUT2D eigenvalue weighted by Gasteiger charge is -2.35. The van der Waals surface area contributed by atoms with Gasteiger partial charge in [0.05, 0.1) is 0 Å². The molecular formula is C12H18O2. The molecule has 2 nitrogen and oxygen atoms in total. The first-order valence-corrected chi connectivity index (χ1v) is 5.44. The Morgan fingerprint density at radius 1 is 1.57 bits per heavy atom. The van der Waals surface area contributed by atoms with Gasteiger partial charge >= 0.3 is 5.97 Å². The number of hydrogen-bond donors (Lipinski definition) is 0. The highest BCUT2D eigenvalue weighted by atomic mass is 16.6. The molecule has 0 saturated heterocycles. The van der Waals surface area contributed by atoms with Crippen LogP contribution >= 0.6 is 0 Å². The van der Waals surface area contributed by atoms with Crippen molar-refractivity contribution >= 4 is 5.97 Å². The van der Waals surface area contributed by atoms with E-state index in [4.69, 9.17) is 4.74 Å². The van der Waals surface area contributed by atoms with Crippen LogP contribution in [0.4, 0.5) is 0 Å². The molecule has 0 spiro atoms. The maximum atomic E-state index is 11.2. The van der Waals surface area contributed by atoms with Gasteiger partial charge in [-0.1, -0.05) is 19.9 Å². The van der Waals surface area contributed by atoms with Crippen LogP contribution in [0.5, 0.6) is 0 Å². The molecule has 14 heavy (non-hydrogen) atoms. The van der Waals surface area contributed by atoms with Gasteiger partial charge in [-0.15, -0.1) is 0 Å². The van der Waals surface area contributed by atoms with Crippen LogP contribution in [-0.4, -0.2) is 11.6 Å². The molecule has 78 valence electrons. The molecule has 1 heterocycles. The summed E-state index contributed by atoms with van der Waals surface area (Å²) in [5.74, 6) is 1.60. The first-order chi connectivity index (χ1) is 6.53. The molecule has 1 aliphatic carbocycles. The molecule has 1 aliphatic heterocycles. The molecule has 2 aliphatic rings. The fraction of sp³-hybridized carbons (Fsp3) is 0.750. The van der Waals surface area contributed by atoms with Crippen molar-refractivity contribution in [3.8, 4) is 0 Å². The molecule has 2 rings (SSSR count). The Bertz CT molecular complexity index is 280. The van der Waals surface area contributed by atoms with Crippen LogP contribution in [0, 0.1) is 17.8 Å². The molecule has 0 bridgehead atoms. The third-order valence-electron chi connectivity index (χ3n) is 3.77. The largest absolute Gasteiger partial charge is 0.456 e. The number of fused-ring (bicyclic) bond motifs is 1. The quantitative estimate of drug-likeness (QED) is 0.600. The molecule has 1 saturated carbocycles. The molecular weight excluding hydrogens is 176 g/mol. The highest BCUT2D eigenvalue weighted by molar-refractivity contribution is 5.83. The summed E-state index contributed by atoms with van der Waals surface area (Å²) in [5, 5.41) is 0. The van der Waals surface area contributed by atoms with Gasteiger partial charge in [0, 0.05) is 12.0 Å². The van der Waals surface area contributed by atoms with E-state index >= 15 is 0 Å². The lowest BCUT2D eigenvalue weighted by Crippen LogP contribution is -2.39. The summed E-state index contributed by atoms with van der Waals surface area (Å²) < 4.78 is 5.45. The van der Waals surface area contributed by atoms with Crippen LogP contribution in [0.1, 0.15) is 33.6 Å². The van der Waals surface area contributed by atoms with Crippen LogP contribution in [0.3, 0.4) is 0 Å². The predicted molar refractivity (Wildman–Crippen MR) is 54.7 cm³/mol. The van der Waals surface area contributed by atoms with Crippen LogP contribution in [0.2, 0.25) is 0 Å². The van der Waals surface area contributed by atoms with E-state index in [2.05, 4.69) is 26.8 Å². The molecule has 0 amide bonds. The van der Waals surface area contributed by atoms with Gasteiger partial charge in [0.25, 0.3) is 0 Å². The molecule has 1 fully saturated rings. The van der Waals surface area contributed by atoms with E-state index in [1.807, 2.05) is 0 Å². The smallest absolute Gasteiger partial charge is 0.330 e. The zero-order valence-corrected chi connectivity index (χ0v) is 9.12. The minimum Gasteiger partial charge on any atom is -0.456 e. The standard InChI is InChI=1S/C12H18O2/c1-8(2)9-6-7-12(3)10(9)4-5-11(13)14-12/h4-5,8-10H,6-7H2,1-3H3. The SMILES string of the molecule is CC(C)C1CCC2(C)OC(=O)C=CC12. The Labute approximate surface area is 85.3 Å². The minimum atomic E-state index is -0.221. The van der Waals surface area contributed by atoms with Crippen molar-refractivity contribution < 1.29 is 9.53 Å². The summed E-state index contributed by atoms with van der Waals surface area (Å²) in [6, 6.07) is 0. The Balaban J connectivity index is 2.26. The zero-order valence-electron chi connectivity index (χ0n) is 9.12. The van der Waals surface area contributed by atoms with Crippen molar-refractivity contribution in [1.82, 2.24) is 0 Å². The van der Waals surface area contributed by atoms with E-state index in [9.17, 15) is 4.79 Å². The fourth-order valence-corrected chi connectivity index (χ4v) is 2.91. The summed E-state index contributed by atoms with van der Waals surface area (Å²) >= 11 is 0. The van der Waals surface area contributed by atoms with Crippen molar-refractivity contribution in [3.05, 3.63) is 12.2 Å². The molecule has 3 atom stereocenters. The normalized spacial score (nSPS) is 41.3. The number of hydrogen-bond acceptors (Lipinski definition) is 2. The molecule has 0 radical (unpaired) electrons.